The molecule has 1 aliphatic rings. The highest BCUT2D eigenvalue weighted by Gasteiger charge is 2.26. The normalized spacial score (nSPS) is 14.9. The number of thiocarbonyl (C=S) groups is 1. The molecule has 6 nitrogen and oxygen atoms in total. The van der Waals surface area contributed by atoms with Crippen molar-refractivity contribution in [2.24, 2.45) is 0 Å². The van der Waals surface area contributed by atoms with Gasteiger partial charge >= 0.3 is 0 Å². The SMILES string of the molecule is CCc1ccccc1NC(=S)Nc1cc(S(=O)(=O)N2CCCCC2)ccc1N(C)C. The molecule has 0 radical (unpaired) electrons. The average Bonchev–Trinajstić information content (AvgIpc) is 2.74. The first-order chi connectivity index (χ1) is 14.3. The first-order valence-electron chi connectivity index (χ1n) is 10.3. The van der Waals surface area contributed by atoms with Crippen molar-refractivity contribution in [1.82, 2.24) is 4.31 Å². The summed E-state index contributed by atoms with van der Waals surface area (Å²) in [6.45, 7) is 3.25. The predicted octanol–water partition coefficient (Wildman–Crippen LogP) is 4.30. The van der Waals surface area contributed by atoms with Crippen LogP contribution in [0.4, 0.5) is 17.1 Å². The van der Waals surface area contributed by atoms with E-state index in [-0.39, 0.29) is 4.90 Å². The topological polar surface area (TPSA) is 64.7 Å². The lowest BCUT2D eigenvalue weighted by Gasteiger charge is -2.27. The molecule has 3 rings (SSSR count). The van der Waals surface area contributed by atoms with Crippen molar-refractivity contribution in [3.63, 3.8) is 0 Å². The molecule has 0 aliphatic carbocycles. The Hall–Kier alpha value is -2.16. The van der Waals surface area contributed by atoms with E-state index in [1.165, 1.54) is 0 Å². The van der Waals surface area contributed by atoms with Crippen LogP contribution < -0.4 is 15.5 Å². The quantitative estimate of drug-likeness (QED) is 0.645. The Morgan fingerprint density at radius 1 is 1.03 bits per heavy atom. The van der Waals surface area contributed by atoms with Crippen LogP contribution in [0.5, 0.6) is 0 Å². The van der Waals surface area contributed by atoms with Crippen LogP contribution in [0, 0.1) is 0 Å². The number of aryl methyl sites for hydroxylation is 1. The molecule has 0 saturated carbocycles. The number of hydrogen-bond acceptors (Lipinski definition) is 4. The molecule has 0 amide bonds. The highest BCUT2D eigenvalue weighted by molar-refractivity contribution is 7.89. The maximum absolute atomic E-state index is 13.1. The predicted molar refractivity (Wildman–Crippen MR) is 129 cm³/mol. The lowest BCUT2D eigenvalue weighted by molar-refractivity contribution is 0.346. The zero-order chi connectivity index (χ0) is 21.7. The molecule has 8 heteroatoms. The van der Waals surface area contributed by atoms with Crippen LogP contribution in [-0.2, 0) is 16.4 Å². The van der Waals surface area contributed by atoms with Crippen molar-refractivity contribution in [2.45, 2.75) is 37.5 Å². The fourth-order valence-electron chi connectivity index (χ4n) is 3.65. The van der Waals surface area contributed by atoms with Crippen LogP contribution in [0.3, 0.4) is 0 Å². The minimum atomic E-state index is -3.52. The molecule has 0 bridgehead atoms. The summed E-state index contributed by atoms with van der Waals surface area (Å²) < 4.78 is 27.8. The smallest absolute Gasteiger partial charge is 0.243 e. The molecule has 1 saturated heterocycles. The van der Waals surface area contributed by atoms with Gasteiger partial charge in [0.05, 0.1) is 16.3 Å². The summed E-state index contributed by atoms with van der Waals surface area (Å²) >= 11 is 5.53. The van der Waals surface area contributed by atoms with Gasteiger partial charge in [-0.05, 0) is 61.3 Å². The standard InChI is InChI=1S/C22H30N4O2S2/c1-4-17-10-6-7-11-19(17)23-22(29)24-20-16-18(12-13-21(20)25(2)3)30(27,28)26-14-8-5-9-15-26/h6-7,10-13,16H,4-5,8-9,14-15H2,1-3H3,(H2,23,24,29). The van der Waals surface area contributed by atoms with E-state index in [9.17, 15) is 8.42 Å². The van der Waals surface area contributed by atoms with E-state index in [0.717, 1.165) is 42.6 Å². The minimum absolute atomic E-state index is 0.286. The second-order valence-electron chi connectivity index (χ2n) is 7.63. The molecule has 2 N–H and O–H groups in total. The van der Waals surface area contributed by atoms with Crippen molar-refractivity contribution in [1.29, 1.82) is 0 Å². The first-order valence-corrected chi connectivity index (χ1v) is 12.1. The van der Waals surface area contributed by atoms with Gasteiger partial charge in [-0.25, -0.2) is 8.42 Å². The number of anilines is 3. The zero-order valence-corrected chi connectivity index (χ0v) is 19.4. The fraction of sp³-hybridized carbons (Fsp3) is 0.409. The van der Waals surface area contributed by atoms with Crippen LogP contribution >= 0.6 is 12.2 Å². The lowest BCUT2D eigenvalue weighted by atomic mass is 10.1. The second kappa shape index (κ2) is 9.76. The van der Waals surface area contributed by atoms with Crippen LogP contribution in [0.1, 0.15) is 31.7 Å². The van der Waals surface area contributed by atoms with Gasteiger partial charge in [0, 0.05) is 32.9 Å². The van der Waals surface area contributed by atoms with E-state index in [0.29, 0.717) is 23.9 Å². The van der Waals surface area contributed by atoms with E-state index >= 15 is 0 Å². The molecule has 1 aliphatic heterocycles. The van der Waals surface area contributed by atoms with Gasteiger partial charge in [-0.2, -0.15) is 4.31 Å². The van der Waals surface area contributed by atoms with Gasteiger partial charge in [-0.15, -0.1) is 0 Å². The fourth-order valence-corrected chi connectivity index (χ4v) is 5.41. The number of piperidine rings is 1. The van der Waals surface area contributed by atoms with Crippen LogP contribution in [0.15, 0.2) is 47.4 Å². The van der Waals surface area contributed by atoms with Gasteiger partial charge in [0.1, 0.15) is 0 Å². The zero-order valence-electron chi connectivity index (χ0n) is 17.8. The Labute approximate surface area is 185 Å². The molecule has 1 heterocycles. The summed E-state index contributed by atoms with van der Waals surface area (Å²) in [6, 6.07) is 13.2. The van der Waals surface area contributed by atoms with Gasteiger partial charge in [0.15, 0.2) is 5.11 Å². The monoisotopic (exact) mass is 446 g/mol. The first kappa shape index (κ1) is 22.5. The molecule has 0 unspecified atom stereocenters. The van der Waals surface area contributed by atoms with Crippen molar-refractivity contribution < 1.29 is 8.42 Å². The molecule has 0 aromatic heterocycles. The van der Waals surface area contributed by atoms with Crippen molar-refractivity contribution in [2.75, 3.05) is 42.7 Å². The molecular formula is C22H30N4O2S2. The summed E-state index contributed by atoms with van der Waals surface area (Å²) in [5.41, 5.74) is 3.63. The molecule has 2 aromatic rings. The minimum Gasteiger partial charge on any atom is -0.376 e. The Bertz CT molecular complexity index is 1000. The summed E-state index contributed by atoms with van der Waals surface area (Å²) in [6.07, 6.45) is 3.78. The molecule has 0 spiro atoms. The Kier molecular flexibility index (Phi) is 7.33. The van der Waals surface area contributed by atoms with Crippen LogP contribution in [0.2, 0.25) is 0 Å². The van der Waals surface area contributed by atoms with Crippen molar-refractivity contribution in [3.8, 4) is 0 Å². The number of sulfonamides is 1. The van der Waals surface area contributed by atoms with Gasteiger partial charge < -0.3 is 15.5 Å². The average molecular weight is 447 g/mol. The second-order valence-corrected chi connectivity index (χ2v) is 9.97. The van der Waals surface area contributed by atoms with E-state index in [1.54, 1.807) is 16.4 Å². The summed E-state index contributed by atoms with van der Waals surface area (Å²) in [5, 5.41) is 6.87. The maximum Gasteiger partial charge on any atom is 0.243 e. The number of rotatable bonds is 6. The van der Waals surface area contributed by atoms with Gasteiger partial charge in [-0.3, -0.25) is 0 Å². The van der Waals surface area contributed by atoms with Gasteiger partial charge in [-0.1, -0.05) is 31.5 Å². The third-order valence-corrected chi connectivity index (χ3v) is 7.40. The third-order valence-electron chi connectivity index (χ3n) is 5.30. The van der Waals surface area contributed by atoms with Crippen LogP contribution in [-0.4, -0.2) is 45.0 Å². The maximum atomic E-state index is 13.1. The van der Waals surface area contributed by atoms with Gasteiger partial charge in [0.25, 0.3) is 0 Å². The lowest BCUT2D eigenvalue weighted by Crippen LogP contribution is -2.35. The van der Waals surface area contributed by atoms with Crippen molar-refractivity contribution >= 4 is 44.4 Å². The van der Waals surface area contributed by atoms with E-state index in [1.807, 2.05) is 43.3 Å². The van der Waals surface area contributed by atoms with Crippen molar-refractivity contribution in [3.05, 3.63) is 48.0 Å². The summed E-state index contributed by atoms with van der Waals surface area (Å²) in [4.78, 5) is 2.22. The van der Waals surface area contributed by atoms with E-state index in [4.69, 9.17) is 12.2 Å². The number of para-hydroxylation sites is 1. The Morgan fingerprint density at radius 2 is 1.70 bits per heavy atom. The van der Waals surface area contributed by atoms with Gasteiger partial charge in [0.2, 0.25) is 10.0 Å². The number of nitrogens with one attached hydrogen (secondary N) is 2. The van der Waals surface area contributed by atoms with Crippen LogP contribution in [0.25, 0.3) is 0 Å². The Balaban J connectivity index is 1.87. The highest BCUT2D eigenvalue weighted by atomic mass is 32.2. The number of hydrogen-bond donors (Lipinski definition) is 2. The highest BCUT2D eigenvalue weighted by Crippen LogP contribution is 2.30. The largest absolute Gasteiger partial charge is 0.376 e. The molecule has 30 heavy (non-hydrogen) atoms. The summed E-state index contributed by atoms with van der Waals surface area (Å²) in [7, 11) is 0.316. The molecule has 2 aromatic carbocycles. The van der Waals surface area contributed by atoms with E-state index in [2.05, 4.69) is 23.6 Å². The number of nitrogens with zero attached hydrogens (tertiary/aromatic N) is 2. The molecule has 1 fully saturated rings. The third kappa shape index (κ3) is 5.11. The molecule has 162 valence electrons. The summed E-state index contributed by atoms with van der Waals surface area (Å²) in [5.74, 6) is 0. The van der Waals surface area contributed by atoms with E-state index < -0.39 is 10.0 Å². The molecular weight excluding hydrogens is 416 g/mol. The number of benzene rings is 2. The molecule has 0 atom stereocenters. The Morgan fingerprint density at radius 3 is 2.37 bits per heavy atom.